The minimum atomic E-state index is -0.365. The van der Waals surface area contributed by atoms with E-state index in [0.717, 1.165) is 5.75 Å². The zero-order valence-electron chi connectivity index (χ0n) is 16.4. The normalized spacial score (nSPS) is 14.3. The van der Waals surface area contributed by atoms with Crippen LogP contribution in [0.15, 0.2) is 48.5 Å². The number of carbonyl (C=O) groups is 2. The molecule has 3 rings (SSSR count). The van der Waals surface area contributed by atoms with Crippen molar-refractivity contribution in [1.29, 1.82) is 0 Å². The minimum absolute atomic E-state index is 0.00342. The Kier molecular flexibility index (Phi) is 7.05. The number of halogens is 1. The SMILES string of the molecule is CCOc1ccc(OCC(=O)NC2CCN(C(=O)c3ccc(F)cc3)CC2)cc1. The predicted molar refractivity (Wildman–Crippen MR) is 107 cm³/mol. The molecule has 0 radical (unpaired) electrons. The summed E-state index contributed by atoms with van der Waals surface area (Å²) in [5.74, 6) is 0.681. The Bertz CT molecular complexity index is 816. The molecule has 7 heteroatoms. The number of amides is 2. The van der Waals surface area contributed by atoms with Gasteiger partial charge in [-0.05, 0) is 68.3 Å². The lowest BCUT2D eigenvalue weighted by Gasteiger charge is -2.32. The van der Waals surface area contributed by atoms with Gasteiger partial charge in [-0.2, -0.15) is 0 Å². The number of hydrogen-bond acceptors (Lipinski definition) is 4. The van der Waals surface area contributed by atoms with E-state index in [2.05, 4.69) is 5.32 Å². The van der Waals surface area contributed by atoms with Crippen LogP contribution in [0.3, 0.4) is 0 Å². The Morgan fingerprint density at radius 2 is 1.59 bits per heavy atom. The Morgan fingerprint density at radius 1 is 1.00 bits per heavy atom. The van der Waals surface area contributed by atoms with Gasteiger partial charge in [-0.3, -0.25) is 9.59 Å². The lowest BCUT2D eigenvalue weighted by atomic mass is 10.0. The number of likely N-dealkylation sites (tertiary alicyclic amines) is 1. The summed E-state index contributed by atoms with van der Waals surface area (Å²) in [7, 11) is 0. The zero-order chi connectivity index (χ0) is 20.6. The van der Waals surface area contributed by atoms with E-state index in [4.69, 9.17) is 9.47 Å². The highest BCUT2D eigenvalue weighted by molar-refractivity contribution is 5.94. The van der Waals surface area contributed by atoms with Gasteiger partial charge in [0.1, 0.15) is 17.3 Å². The van der Waals surface area contributed by atoms with Crippen LogP contribution in [0.1, 0.15) is 30.1 Å². The summed E-state index contributed by atoms with van der Waals surface area (Å²) in [4.78, 5) is 26.3. The molecular weight excluding hydrogens is 375 g/mol. The molecule has 2 amide bonds. The van der Waals surface area contributed by atoms with Crippen molar-refractivity contribution >= 4 is 11.8 Å². The molecule has 2 aromatic carbocycles. The first-order chi connectivity index (χ1) is 14.0. The van der Waals surface area contributed by atoms with Gasteiger partial charge in [0.25, 0.3) is 11.8 Å². The Balaban J connectivity index is 1.40. The molecule has 0 aromatic heterocycles. The number of piperidine rings is 1. The summed E-state index contributed by atoms with van der Waals surface area (Å²) in [6.07, 6.45) is 1.34. The standard InChI is InChI=1S/C22H25FN2O4/c1-2-28-19-7-9-20(10-8-19)29-15-21(26)24-18-11-13-25(14-12-18)22(27)16-3-5-17(23)6-4-16/h3-10,18H,2,11-15H2,1H3,(H,24,26). The maximum Gasteiger partial charge on any atom is 0.258 e. The number of rotatable bonds is 7. The Morgan fingerprint density at radius 3 is 2.17 bits per heavy atom. The molecule has 1 heterocycles. The molecule has 0 saturated carbocycles. The molecule has 154 valence electrons. The summed E-state index contributed by atoms with van der Waals surface area (Å²) in [5.41, 5.74) is 0.470. The zero-order valence-corrected chi connectivity index (χ0v) is 16.4. The predicted octanol–water partition coefficient (Wildman–Crippen LogP) is 3.02. The van der Waals surface area contributed by atoms with Gasteiger partial charge < -0.3 is 19.7 Å². The summed E-state index contributed by atoms with van der Waals surface area (Å²) in [6.45, 7) is 3.53. The molecule has 1 aliphatic heterocycles. The summed E-state index contributed by atoms with van der Waals surface area (Å²) >= 11 is 0. The number of hydrogen-bond donors (Lipinski definition) is 1. The quantitative estimate of drug-likeness (QED) is 0.776. The third-order valence-electron chi connectivity index (χ3n) is 4.74. The molecule has 1 aliphatic rings. The number of nitrogens with zero attached hydrogens (tertiary/aromatic N) is 1. The molecule has 0 atom stereocenters. The van der Waals surface area contributed by atoms with Crippen molar-refractivity contribution in [3.05, 3.63) is 59.9 Å². The average molecular weight is 400 g/mol. The number of nitrogens with one attached hydrogen (secondary N) is 1. The number of carbonyl (C=O) groups excluding carboxylic acids is 2. The van der Waals surface area contributed by atoms with Crippen LogP contribution in [0.4, 0.5) is 4.39 Å². The molecular formula is C22H25FN2O4. The van der Waals surface area contributed by atoms with Crippen LogP contribution < -0.4 is 14.8 Å². The smallest absolute Gasteiger partial charge is 0.258 e. The van der Waals surface area contributed by atoms with E-state index in [9.17, 15) is 14.0 Å². The maximum atomic E-state index is 13.0. The van der Waals surface area contributed by atoms with Crippen molar-refractivity contribution in [3.63, 3.8) is 0 Å². The van der Waals surface area contributed by atoms with Crippen molar-refractivity contribution in [2.45, 2.75) is 25.8 Å². The van der Waals surface area contributed by atoms with Crippen molar-refractivity contribution in [2.24, 2.45) is 0 Å². The fourth-order valence-electron chi connectivity index (χ4n) is 3.22. The molecule has 0 bridgehead atoms. The van der Waals surface area contributed by atoms with Gasteiger partial charge in [0.05, 0.1) is 6.61 Å². The van der Waals surface area contributed by atoms with Crippen molar-refractivity contribution < 1.29 is 23.5 Å². The molecule has 29 heavy (non-hydrogen) atoms. The largest absolute Gasteiger partial charge is 0.494 e. The summed E-state index contributed by atoms with van der Waals surface area (Å²) in [5, 5.41) is 2.95. The third kappa shape index (κ3) is 5.94. The van der Waals surface area contributed by atoms with E-state index < -0.39 is 0 Å². The van der Waals surface area contributed by atoms with Gasteiger partial charge in [0.2, 0.25) is 0 Å². The van der Waals surface area contributed by atoms with Crippen LogP contribution in [-0.4, -0.2) is 49.1 Å². The highest BCUT2D eigenvalue weighted by Gasteiger charge is 2.24. The first-order valence-corrected chi connectivity index (χ1v) is 9.75. The van der Waals surface area contributed by atoms with Gasteiger partial charge in [-0.15, -0.1) is 0 Å². The maximum absolute atomic E-state index is 13.0. The van der Waals surface area contributed by atoms with E-state index >= 15 is 0 Å². The fraction of sp³-hybridized carbons (Fsp3) is 0.364. The van der Waals surface area contributed by atoms with Gasteiger partial charge in [0.15, 0.2) is 6.61 Å². The highest BCUT2D eigenvalue weighted by Crippen LogP contribution is 2.18. The Hall–Kier alpha value is -3.09. The van der Waals surface area contributed by atoms with E-state index in [-0.39, 0.29) is 30.3 Å². The van der Waals surface area contributed by atoms with Crippen LogP contribution in [0.5, 0.6) is 11.5 Å². The van der Waals surface area contributed by atoms with E-state index in [1.807, 2.05) is 6.92 Å². The van der Waals surface area contributed by atoms with Gasteiger partial charge >= 0.3 is 0 Å². The third-order valence-corrected chi connectivity index (χ3v) is 4.74. The monoisotopic (exact) mass is 400 g/mol. The van der Waals surface area contributed by atoms with Gasteiger partial charge in [-0.25, -0.2) is 4.39 Å². The molecule has 6 nitrogen and oxygen atoms in total. The molecule has 0 aliphatic carbocycles. The number of ether oxygens (including phenoxy) is 2. The second-order valence-corrected chi connectivity index (χ2v) is 6.83. The highest BCUT2D eigenvalue weighted by atomic mass is 19.1. The van der Waals surface area contributed by atoms with Crippen LogP contribution >= 0.6 is 0 Å². The summed E-state index contributed by atoms with van der Waals surface area (Å²) in [6, 6.07) is 12.7. The van der Waals surface area contributed by atoms with E-state index in [1.165, 1.54) is 24.3 Å². The lowest BCUT2D eigenvalue weighted by molar-refractivity contribution is -0.124. The van der Waals surface area contributed by atoms with Crippen LogP contribution in [0, 0.1) is 5.82 Å². The molecule has 1 fully saturated rings. The second-order valence-electron chi connectivity index (χ2n) is 6.83. The summed E-state index contributed by atoms with van der Waals surface area (Å²) < 4.78 is 23.9. The van der Waals surface area contributed by atoms with Gasteiger partial charge in [-0.1, -0.05) is 0 Å². The van der Waals surface area contributed by atoms with E-state index in [0.29, 0.717) is 43.9 Å². The van der Waals surface area contributed by atoms with Crippen molar-refractivity contribution in [1.82, 2.24) is 10.2 Å². The first kappa shape index (κ1) is 20.6. The van der Waals surface area contributed by atoms with Crippen LogP contribution in [0.2, 0.25) is 0 Å². The lowest BCUT2D eigenvalue weighted by Crippen LogP contribution is -2.47. The second kappa shape index (κ2) is 9.91. The number of benzene rings is 2. The molecule has 0 spiro atoms. The molecule has 2 aromatic rings. The van der Waals surface area contributed by atoms with Gasteiger partial charge in [0, 0.05) is 24.7 Å². The molecule has 0 unspecified atom stereocenters. The fourth-order valence-corrected chi connectivity index (χ4v) is 3.22. The van der Waals surface area contributed by atoms with Crippen molar-refractivity contribution in [2.75, 3.05) is 26.3 Å². The van der Waals surface area contributed by atoms with E-state index in [1.54, 1.807) is 29.2 Å². The van der Waals surface area contributed by atoms with Crippen LogP contribution in [0.25, 0.3) is 0 Å². The van der Waals surface area contributed by atoms with Crippen LogP contribution in [-0.2, 0) is 4.79 Å². The molecule has 1 saturated heterocycles. The average Bonchev–Trinajstić information content (AvgIpc) is 2.74. The minimum Gasteiger partial charge on any atom is -0.494 e. The molecule has 1 N–H and O–H groups in total. The topological polar surface area (TPSA) is 67.9 Å². The first-order valence-electron chi connectivity index (χ1n) is 9.75. The van der Waals surface area contributed by atoms with Crippen molar-refractivity contribution in [3.8, 4) is 11.5 Å². The Labute approximate surface area is 169 Å².